The van der Waals surface area contributed by atoms with Crippen LogP contribution in [-0.2, 0) is 35.5 Å². The summed E-state index contributed by atoms with van der Waals surface area (Å²) in [6.45, 7) is 15.4. The average Bonchev–Trinajstić information content (AvgIpc) is 3.92. The summed E-state index contributed by atoms with van der Waals surface area (Å²) in [6, 6.07) is 18.4. The zero-order chi connectivity index (χ0) is 50.5. The molecule has 4 amide bonds. The first kappa shape index (κ1) is 53.0. The number of unbranched alkanes of at least 4 members (excludes halogenated alkanes) is 2. The number of aryl methyl sites for hydroxylation is 1. The van der Waals surface area contributed by atoms with Gasteiger partial charge in [0.2, 0.25) is 17.7 Å². The number of likely N-dealkylation sites (tertiary alicyclic amines) is 1. The Bertz CT molecular complexity index is 2640. The maximum Gasteiger partial charge on any atom is 0.251 e. The number of aliphatic hydroxyl groups is 1. The number of thiazole rings is 1. The molecule has 18 heteroatoms. The van der Waals surface area contributed by atoms with Gasteiger partial charge in [-0.1, -0.05) is 90.8 Å². The van der Waals surface area contributed by atoms with Gasteiger partial charge in [-0.25, -0.2) is 13.4 Å². The van der Waals surface area contributed by atoms with Crippen molar-refractivity contribution in [3.05, 3.63) is 99.6 Å². The van der Waals surface area contributed by atoms with Crippen LogP contribution < -0.4 is 20.7 Å². The standard InChI is InChI=1S/C51H63ClN6O9S2/c1-31-42(68-30-55-31)33-14-12-32(13-15-33)27-54-45(62)40-24-36(59)28-58(40)46(63)43(49(2,3)4)56-41(60)29-66-22-10-9-11-23-69(64,65)38-20-17-34(18-21-38)44(61)57-47-50(5,6)48(51(47,7)8)67-37-19-16-35(26-53)39(52)25-37/h12-21,25,30,36,40,43,47-48,59H,9-11,22-24,27-29H2,1-8H3,(H,54,62)(H,56,60)(H,57,61)/t36-,40+,43-,47?,48?/m1/s1. The van der Waals surface area contributed by atoms with Crippen molar-refractivity contribution in [2.45, 2.75) is 123 Å². The second kappa shape index (κ2) is 21.7. The third-order valence-electron chi connectivity index (χ3n) is 13.1. The number of hydrogen-bond donors (Lipinski definition) is 4. The number of nitrogens with zero attached hydrogens (tertiary/aromatic N) is 3. The van der Waals surface area contributed by atoms with E-state index >= 15 is 0 Å². The van der Waals surface area contributed by atoms with E-state index in [1.165, 1.54) is 29.2 Å². The summed E-state index contributed by atoms with van der Waals surface area (Å²) < 4.78 is 38.3. The van der Waals surface area contributed by atoms with Gasteiger partial charge in [0, 0.05) is 54.6 Å². The molecule has 15 nitrogen and oxygen atoms in total. The second-order valence-corrected chi connectivity index (χ2v) is 23.6. The first-order chi connectivity index (χ1) is 32.4. The molecule has 0 spiro atoms. The van der Waals surface area contributed by atoms with Crippen LogP contribution >= 0.6 is 22.9 Å². The van der Waals surface area contributed by atoms with Crippen molar-refractivity contribution in [2.75, 3.05) is 25.5 Å². The molecule has 370 valence electrons. The Balaban J connectivity index is 0.910. The van der Waals surface area contributed by atoms with Crippen LogP contribution in [0.3, 0.4) is 0 Å². The predicted octanol–water partition coefficient (Wildman–Crippen LogP) is 7.03. The quantitative estimate of drug-likeness (QED) is 0.0700. The van der Waals surface area contributed by atoms with Crippen molar-refractivity contribution in [2.24, 2.45) is 16.2 Å². The molecule has 69 heavy (non-hydrogen) atoms. The van der Waals surface area contributed by atoms with Crippen molar-refractivity contribution in [1.29, 1.82) is 5.26 Å². The van der Waals surface area contributed by atoms with Crippen LogP contribution in [0.25, 0.3) is 10.4 Å². The number of carbonyl (C=O) groups is 4. The Morgan fingerprint density at radius 3 is 2.29 bits per heavy atom. The summed E-state index contributed by atoms with van der Waals surface area (Å²) in [5.74, 6) is -1.33. The van der Waals surface area contributed by atoms with Gasteiger partial charge in [0.15, 0.2) is 9.84 Å². The fourth-order valence-corrected chi connectivity index (χ4v) is 12.0. The number of carbonyl (C=O) groups excluding carboxylic acids is 4. The summed E-state index contributed by atoms with van der Waals surface area (Å²) >= 11 is 7.78. The summed E-state index contributed by atoms with van der Waals surface area (Å²) in [7, 11) is -3.65. The van der Waals surface area contributed by atoms with Crippen LogP contribution in [0.5, 0.6) is 5.75 Å². The van der Waals surface area contributed by atoms with E-state index in [4.69, 9.17) is 21.1 Å². The lowest BCUT2D eigenvalue weighted by Gasteiger charge is -2.63. The zero-order valence-electron chi connectivity index (χ0n) is 40.4. The SMILES string of the molecule is Cc1ncsc1-c1ccc(CNC(=O)[C@@H]2C[C@@H](O)CN2C(=O)[C@@H](NC(=O)COCCCCCS(=O)(=O)c2ccc(C(=O)NC3C(C)(C)C(Oc4ccc(C#N)c(Cl)c4)C3(C)C)cc2)C(C)(C)C)cc1. The van der Waals surface area contributed by atoms with Gasteiger partial charge in [-0.3, -0.25) is 19.2 Å². The van der Waals surface area contributed by atoms with Gasteiger partial charge in [-0.05, 0) is 72.7 Å². The molecule has 0 unspecified atom stereocenters. The molecule has 4 aromatic rings. The van der Waals surface area contributed by atoms with Gasteiger partial charge in [0.05, 0.1) is 43.4 Å². The average molecular weight is 1000 g/mol. The number of amides is 4. The van der Waals surface area contributed by atoms with E-state index < -0.39 is 62.0 Å². The number of β-amino-alcohol motifs (C(OH)–C–C–N with tert-alkyl or cyclic N) is 1. The molecular weight excluding hydrogens is 940 g/mol. The van der Waals surface area contributed by atoms with Gasteiger partial charge in [-0.2, -0.15) is 5.26 Å². The number of hydrogen-bond acceptors (Lipinski definition) is 12. The summed E-state index contributed by atoms with van der Waals surface area (Å²) in [6.07, 6.45) is 0.233. The molecule has 1 aliphatic heterocycles. The van der Waals surface area contributed by atoms with Gasteiger partial charge in [0.25, 0.3) is 5.91 Å². The topological polar surface area (TPSA) is 217 Å². The van der Waals surface area contributed by atoms with Gasteiger partial charge in [-0.15, -0.1) is 11.3 Å². The van der Waals surface area contributed by atoms with E-state index in [1.54, 1.807) is 55.8 Å². The highest BCUT2D eigenvalue weighted by Gasteiger charge is 2.64. The third-order valence-corrected chi connectivity index (χ3v) is 16.2. The number of halogens is 1. The fourth-order valence-electron chi connectivity index (χ4n) is 9.56. The molecule has 0 radical (unpaired) electrons. The predicted molar refractivity (Wildman–Crippen MR) is 264 cm³/mol. The van der Waals surface area contributed by atoms with E-state index in [0.29, 0.717) is 41.2 Å². The van der Waals surface area contributed by atoms with E-state index in [0.717, 1.165) is 21.7 Å². The number of sulfone groups is 1. The van der Waals surface area contributed by atoms with E-state index in [9.17, 15) is 38.0 Å². The molecule has 4 N–H and O–H groups in total. The summed E-state index contributed by atoms with van der Waals surface area (Å²) in [4.78, 5) is 60.7. The number of benzene rings is 3. The summed E-state index contributed by atoms with van der Waals surface area (Å²) in [5.41, 5.74) is 3.64. The third kappa shape index (κ3) is 12.5. The van der Waals surface area contributed by atoms with Crippen LogP contribution in [0.1, 0.15) is 101 Å². The Labute approximate surface area is 414 Å². The smallest absolute Gasteiger partial charge is 0.251 e. The minimum absolute atomic E-state index is 0.0487. The molecule has 1 saturated carbocycles. The molecule has 1 aliphatic carbocycles. The molecule has 2 heterocycles. The Morgan fingerprint density at radius 2 is 1.68 bits per heavy atom. The normalized spacial score (nSPS) is 20.0. The van der Waals surface area contributed by atoms with E-state index in [-0.39, 0.29) is 61.4 Å². The van der Waals surface area contributed by atoms with Gasteiger partial charge < -0.3 is 35.4 Å². The number of nitriles is 1. The van der Waals surface area contributed by atoms with E-state index in [1.807, 2.05) is 65.0 Å². The van der Waals surface area contributed by atoms with Crippen LogP contribution in [0.2, 0.25) is 5.02 Å². The number of aromatic nitrogens is 1. The van der Waals surface area contributed by atoms with Crippen LogP contribution in [0, 0.1) is 34.5 Å². The zero-order valence-corrected chi connectivity index (χ0v) is 42.8. The number of rotatable bonds is 19. The van der Waals surface area contributed by atoms with E-state index in [2.05, 4.69) is 20.9 Å². The van der Waals surface area contributed by atoms with Gasteiger partial charge in [0.1, 0.15) is 36.6 Å². The largest absolute Gasteiger partial charge is 0.489 e. The lowest BCUT2D eigenvalue weighted by Crippen LogP contribution is -2.74. The summed E-state index contributed by atoms with van der Waals surface area (Å²) in [5, 5.41) is 28.9. The first-order valence-corrected chi connectivity index (χ1v) is 26.0. The minimum Gasteiger partial charge on any atom is -0.489 e. The Morgan fingerprint density at radius 1 is 1.00 bits per heavy atom. The maximum absolute atomic E-state index is 14.0. The highest BCUT2D eigenvalue weighted by Crippen LogP contribution is 2.55. The van der Waals surface area contributed by atoms with Crippen molar-refractivity contribution in [1.82, 2.24) is 25.8 Å². The van der Waals surface area contributed by atoms with Crippen molar-refractivity contribution in [3.63, 3.8) is 0 Å². The Kier molecular flexibility index (Phi) is 16.7. The number of ether oxygens (including phenoxy) is 2. The lowest BCUT2D eigenvalue weighted by atomic mass is 9.49. The van der Waals surface area contributed by atoms with Crippen molar-refractivity contribution >= 4 is 56.4 Å². The molecular formula is C51H63ClN6O9S2. The highest BCUT2D eigenvalue weighted by molar-refractivity contribution is 7.91. The maximum atomic E-state index is 14.0. The van der Waals surface area contributed by atoms with Crippen LogP contribution in [-0.4, -0.2) is 103 Å². The molecule has 2 aliphatic rings. The van der Waals surface area contributed by atoms with Crippen molar-refractivity contribution < 1.29 is 42.2 Å². The molecule has 1 saturated heterocycles. The first-order valence-electron chi connectivity index (χ1n) is 23.1. The highest BCUT2D eigenvalue weighted by atomic mass is 35.5. The van der Waals surface area contributed by atoms with Gasteiger partial charge >= 0.3 is 0 Å². The Hall–Kier alpha value is -5.38. The van der Waals surface area contributed by atoms with Crippen molar-refractivity contribution in [3.8, 4) is 22.3 Å². The molecule has 0 bridgehead atoms. The number of nitrogens with one attached hydrogen (secondary N) is 3. The molecule has 6 rings (SSSR count). The monoisotopic (exact) mass is 1000 g/mol. The molecule has 2 fully saturated rings. The number of aliphatic hydroxyl groups excluding tert-OH is 1. The fraction of sp³-hybridized carbons (Fsp3) is 0.490. The minimum atomic E-state index is -3.65. The van der Waals surface area contributed by atoms with Crippen LogP contribution in [0.4, 0.5) is 0 Å². The molecule has 3 atom stereocenters. The molecule has 3 aromatic carbocycles. The molecule has 1 aromatic heterocycles. The lowest BCUT2D eigenvalue weighted by molar-refractivity contribution is -0.164. The second-order valence-electron chi connectivity index (χ2n) is 20.2. The van der Waals surface area contributed by atoms with Crippen LogP contribution in [0.15, 0.2) is 77.1 Å².